The zero-order chi connectivity index (χ0) is 12.8. The van der Waals surface area contributed by atoms with Crippen LogP contribution in [0.1, 0.15) is 20.3 Å². The molecule has 94 valence electrons. The van der Waals surface area contributed by atoms with Gasteiger partial charge in [0.05, 0.1) is 6.61 Å². The molecule has 0 fully saturated rings. The lowest BCUT2D eigenvalue weighted by Crippen LogP contribution is -2.38. The maximum Gasteiger partial charge on any atom is 0.397 e. The van der Waals surface area contributed by atoms with E-state index in [0.29, 0.717) is 0 Å². The average Bonchev–Trinajstić information content (AvgIpc) is 2.11. The highest BCUT2D eigenvalue weighted by Gasteiger charge is 2.33. The molecule has 0 unspecified atom stereocenters. The fourth-order valence-electron chi connectivity index (χ4n) is 1.02. The van der Waals surface area contributed by atoms with E-state index in [9.17, 15) is 22.8 Å². The van der Waals surface area contributed by atoms with Crippen LogP contribution < -0.4 is 0 Å². The van der Waals surface area contributed by atoms with Crippen LogP contribution in [0.5, 0.6) is 0 Å². The molecule has 0 N–H and O–H groups in total. The van der Waals surface area contributed by atoms with Crippen LogP contribution in [-0.2, 0) is 14.3 Å². The number of alkyl halides is 3. The normalized spacial score (nSPS) is 11.1. The van der Waals surface area contributed by atoms with Crippen LogP contribution in [0.2, 0.25) is 0 Å². The van der Waals surface area contributed by atoms with Gasteiger partial charge in [0, 0.05) is 6.54 Å². The topological polar surface area (TPSA) is 46.6 Å². The summed E-state index contributed by atoms with van der Waals surface area (Å²) in [6.07, 6.45) is -6.11. The minimum atomic E-state index is -4.56. The molecule has 0 aliphatic rings. The molecule has 0 saturated carbocycles. The predicted molar refractivity (Wildman–Crippen MR) is 49.6 cm³/mol. The highest BCUT2D eigenvalue weighted by atomic mass is 19.4. The van der Waals surface area contributed by atoms with Gasteiger partial charge in [-0.25, -0.2) is 0 Å². The second-order valence-electron chi connectivity index (χ2n) is 3.00. The summed E-state index contributed by atoms with van der Waals surface area (Å²) in [5, 5.41) is 0. The van der Waals surface area contributed by atoms with Crippen molar-refractivity contribution in [2.24, 2.45) is 0 Å². The zero-order valence-electron chi connectivity index (χ0n) is 9.13. The molecule has 0 bridgehead atoms. The van der Waals surface area contributed by atoms with E-state index < -0.39 is 31.0 Å². The smallest absolute Gasteiger partial charge is 0.397 e. The van der Waals surface area contributed by atoms with Gasteiger partial charge < -0.3 is 9.64 Å². The number of likely N-dealkylation sites (N-methyl/N-ethyl adjacent to an activating group) is 1. The van der Waals surface area contributed by atoms with E-state index in [0.717, 1.165) is 4.90 Å². The minimum Gasteiger partial charge on any atom is -0.465 e. The molecule has 0 aromatic carbocycles. The van der Waals surface area contributed by atoms with Crippen LogP contribution in [0.15, 0.2) is 0 Å². The molecule has 0 spiro atoms. The lowest BCUT2D eigenvalue weighted by molar-refractivity contribution is -0.164. The third-order valence-corrected chi connectivity index (χ3v) is 1.71. The lowest BCUT2D eigenvalue weighted by atomic mass is 10.3. The van der Waals surface area contributed by atoms with Gasteiger partial charge in [-0.05, 0) is 13.8 Å². The summed E-state index contributed by atoms with van der Waals surface area (Å²) < 4.78 is 40.3. The Morgan fingerprint density at radius 1 is 1.25 bits per heavy atom. The monoisotopic (exact) mass is 241 g/mol. The lowest BCUT2D eigenvalue weighted by Gasteiger charge is -2.20. The van der Waals surface area contributed by atoms with Gasteiger partial charge in [0.2, 0.25) is 5.91 Å². The Morgan fingerprint density at radius 2 is 1.81 bits per heavy atom. The summed E-state index contributed by atoms with van der Waals surface area (Å²) in [5.41, 5.74) is 0. The van der Waals surface area contributed by atoms with Crippen LogP contribution in [0.4, 0.5) is 13.2 Å². The van der Waals surface area contributed by atoms with E-state index in [2.05, 4.69) is 4.74 Å². The number of amides is 1. The first-order chi connectivity index (χ1) is 7.30. The molecule has 4 nitrogen and oxygen atoms in total. The predicted octanol–water partition coefficient (Wildman–Crippen LogP) is 1.35. The van der Waals surface area contributed by atoms with Crippen LogP contribution in [0.3, 0.4) is 0 Å². The summed E-state index contributed by atoms with van der Waals surface area (Å²) in [7, 11) is 0. The third kappa shape index (κ3) is 6.26. The summed E-state index contributed by atoms with van der Waals surface area (Å²) in [6, 6.07) is 0. The van der Waals surface area contributed by atoms with Crippen molar-refractivity contribution in [3.05, 3.63) is 0 Å². The Morgan fingerprint density at radius 3 is 2.19 bits per heavy atom. The molecule has 0 aliphatic heterocycles. The maximum atomic E-state index is 11.9. The van der Waals surface area contributed by atoms with Gasteiger partial charge in [0.25, 0.3) is 0 Å². The summed E-state index contributed by atoms with van der Waals surface area (Å²) in [5.74, 6) is -1.83. The Hall–Kier alpha value is -1.27. The number of rotatable bonds is 5. The van der Waals surface area contributed by atoms with E-state index in [1.165, 1.54) is 6.92 Å². The van der Waals surface area contributed by atoms with Crippen LogP contribution in [0.25, 0.3) is 0 Å². The van der Waals surface area contributed by atoms with Gasteiger partial charge >= 0.3 is 12.1 Å². The van der Waals surface area contributed by atoms with Crippen molar-refractivity contribution in [3.8, 4) is 0 Å². The highest BCUT2D eigenvalue weighted by molar-refractivity contribution is 5.82. The van der Waals surface area contributed by atoms with Gasteiger partial charge in [0.15, 0.2) is 0 Å². The zero-order valence-corrected chi connectivity index (χ0v) is 9.13. The maximum absolute atomic E-state index is 11.9. The van der Waals surface area contributed by atoms with Crippen molar-refractivity contribution in [1.29, 1.82) is 0 Å². The first-order valence-corrected chi connectivity index (χ1v) is 4.80. The van der Waals surface area contributed by atoms with Gasteiger partial charge in [0.1, 0.15) is 13.0 Å². The Balaban J connectivity index is 4.27. The van der Waals surface area contributed by atoms with Crippen molar-refractivity contribution < 1.29 is 27.5 Å². The van der Waals surface area contributed by atoms with Crippen molar-refractivity contribution >= 4 is 11.9 Å². The molecule has 0 radical (unpaired) electrons. The Kier molecular flexibility index (Phi) is 5.84. The van der Waals surface area contributed by atoms with E-state index in [4.69, 9.17) is 0 Å². The second-order valence-corrected chi connectivity index (χ2v) is 3.00. The largest absolute Gasteiger partial charge is 0.465 e. The molecule has 0 saturated heterocycles. The summed E-state index contributed by atoms with van der Waals surface area (Å²) in [4.78, 5) is 22.9. The fraction of sp³-hybridized carbons (Fsp3) is 0.778. The standard InChI is InChI=1S/C9H14F3NO3/c1-3-13(6-8(15)16-4-2)7(14)5-9(10,11)12/h3-6H2,1-2H3. The van der Waals surface area contributed by atoms with E-state index in [1.54, 1.807) is 6.92 Å². The number of carbonyl (C=O) groups is 2. The van der Waals surface area contributed by atoms with Crippen LogP contribution >= 0.6 is 0 Å². The Bertz CT molecular complexity index is 253. The molecule has 0 heterocycles. The van der Waals surface area contributed by atoms with Crippen LogP contribution in [0, 0.1) is 0 Å². The molecule has 16 heavy (non-hydrogen) atoms. The van der Waals surface area contributed by atoms with Gasteiger partial charge in [-0.2, -0.15) is 13.2 Å². The van der Waals surface area contributed by atoms with Gasteiger partial charge in [-0.3, -0.25) is 9.59 Å². The van der Waals surface area contributed by atoms with E-state index >= 15 is 0 Å². The summed E-state index contributed by atoms with van der Waals surface area (Å²) in [6.45, 7) is 2.79. The number of nitrogens with zero attached hydrogens (tertiary/aromatic N) is 1. The molecular weight excluding hydrogens is 227 g/mol. The first kappa shape index (κ1) is 14.7. The number of hydrogen-bond donors (Lipinski definition) is 0. The fourth-order valence-corrected chi connectivity index (χ4v) is 1.02. The number of esters is 1. The number of ether oxygens (including phenoxy) is 1. The van der Waals surface area contributed by atoms with Crippen molar-refractivity contribution in [1.82, 2.24) is 4.90 Å². The van der Waals surface area contributed by atoms with Crippen molar-refractivity contribution in [2.75, 3.05) is 19.7 Å². The summed E-state index contributed by atoms with van der Waals surface area (Å²) >= 11 is 0. The third-order valence-electron chi connectivity index (χ3n) is 1.71. The SMILES string of the molecule is CCOC(=O)CN(CC)C(=O)CC(F)(F)F. The molecule has 0 rings (SSSR count). The quantitative estimate of drug-likeness (QED) is 0.682. The molecule has 0 aromatic heterocycles. The molecular formula is C9H14F3NO3. The van der Waals surface area contributed by atoms with E-state index in [-0.39, 0.29) is 13.2 Å². The minimum absolute atomic E-state index is 0.0354. The Labute approximate surface area is 91.4 Å². The van der Waals surface area contributed by atoms with Crippen LogP contribution in [-0.4, -0.2) is 42.6 Å². The first-order valence-electron chi connectivity index (χ1n) is 4.80. The number of carbonyl (C=O) groups excluding carboxylic acids is 2. The van der Waals surface area contributed by atoms with Crippen molar-refractivity contribution in [2.45, 2.75) is 26.4 Å². The number of halogens is 3. The van der Waals surface area contributed by atoms with Gasteiger partial charge in [-0.15, -0.1) is 0 Å². The average molecular weight is 241 g/mol. The molecule has 0 aromatic rings. The van der Waals surface area contributed by atoms with E-state index in [1.807, 2.05) is 0 Å². The van der Waals surface area contributed by atoms with Gasteiger partial charge in [-0.1, -0.05) is 0 Å². The highest BCUT2D eigenvalue weighted by Crippen LogP contribution is 2.20. The second kappa shape index (κ2) is 6.34. The molecule has 0 aliphatic carbocycles. The molecule has 1 amide bonds. The molecule has 7 heteroatoms. The number of hydrogen-bond acceptors (Lipinski definition) is 3. The molecule has 0 atom stereocenters. The van der Waals surface area contributed by atoms with Crippen molar-refractivity contribution in [3.63, 3.8) is 0 Å².